The van der Waals surface area contributed by atoms with Gasteiger partial charge in [-0.2, -0.15) is 0 Å². The van der Waals surface area contributed by atoms with Crippen LogP contribution in [0.3, 0.4) is 0 Å². The van der Waals surface area contributed by atoms with Gasteiger partial charge >= 0.3 is 0 Å². The van der Waals surface area contributed by atoms with Crippen LogP contribution in [0.5, 0.6) is 0 Å². The lowest BCUT2D eigenvalue weighted by Crippen LogP contribution is -2.24. The summed E-state index contributed by atoms with van der Waals surface area (Å²) in [6.07, 6.45) is 3.05. The minimum absolute atomic E-state index is 0.191. The Balaban J connectivity index is 2.57. The van der Waals surface area contributed by atoms with Crippen molar-refractivity contribution in [2.24, 2.45) is 0 Å². The van der Waals surface area contributed by atoms with Gasteiger partial charge in [0, 0.05) is 31.1 Å². The Morgan fingerprint density at radius 1 is 1.47 bits per heavy atom. The molecule has 5 N–H and O–H groups in total. The molecular formula is C12H17N3O2. The van der Waals surface area contributed by atoms with E-state index in [2.05, 4.69) is 5.32 Å². The van der Waals surface area contributed by atoms with Crippen LogP contribution in [0.4, 0.5) is 11.4 Å². The molecule has 0 aliphatic rings. The van der Waals surface area contributed by atoms with E-state index in [4.69, 9.17) is 16.2 Å². The summed E-state index contributed by atoms with van der Waals surface area (Å²) in [5, 5.41) is 2.67. The van der Waals surface area contributed by atoms with Crippen LogP contribution in [0.15, 0.2) is 24.3 Å². The molecule has 0 spiro atoms. The van der Waals surface area contributed by atoms with Crippen LogP contribution in [0.1, 0.15) is 5.56 Å². The second-order valence-corrected chi connectivity index (χ2v) is 3.51. The smallest absolute Gasteiger partial charge is 0.244 e. The lowest BCUT2D eigenvalue weighted by Gasteiger charge is -2.02. The van der Waals surface area contributed by atoms with E-state index in [-0.39, 0.29) is 5.91 Å². The quantitative estimate of drug-likeness (QED) is 0.396. The molecule has 0 aliphatic heterocycles. The standard InChI is InChI=1S/C12H17N3O2/c1-17-7-6-15-12(16)5-2-9-8-10(13)3-4-11(9)14/h2-5,8H,6-7,13-14H2,1H3,(H,15,16). The number of hydrogen-bond donors (Lipinski definition) is 3. The first kappa shape index (κ1) is 13.1. The van der Waals surface area contributed by atoms with Gasteiger partial charge in [0.2, 0.25) is 5.91 Å². The molecule has 5 nitrogen and oxygen atoms in total. The third kappa shape index (κ3) is 4.56. The Bertz CT molecular complexity index is 416. The van der Waals surface area contributed by atoms with Gasteiger partial charge in [-0.3, -0.25) is 4.79 Å². The van der Waals surface area contributed by atoms with Crippen molar-refractivity contribution in [2.45, 2.75) is 0 Å². The highest BCUT2D eigenvalue weighted by Gasteiger charge is 1.98. The average Bonchev–Trinajstić information content (AvgIpc) is 2.31. The van der Waals surface area contributed by atoms with Gasteiger partial charge in [-0.05, 0) is 29.8 Å². The van der Waals surface area contributed by atoms with Crippen molar-refractivity contribution < 1.29 is 9.53 Å². The van der Waals surface area contributed by atoms with E-state index < -0.39 is 0 Å². The van der Waals surface area contributed by atoms with Crippen LogP contribution in [-0.2, 0) is 9.53 Å². The Morgan fingerprint density at radius 3 is 2.94 bits per heavy atom. The minimum atomic E-state index is -0.191. The normalized spacial score (nSPS) is 10.6. The zero-order valence-corrected chi connectivity index (χ0v) is 9.77. The number of hydrogen-bond acceptors (Lipinski definition) is 4. The zero-order valence-electron chi connectivity index (χ0n) is 9.77. The fourth-order valence-electron chi connectivity index (χ4n) is 1.24. The molecule has 0 aliphatic carbocycles. The lowest BCUT2D eigenvalue weighted by atomic mass is 10.1. The third-order valence-electron chi connectivity index (χ3n) is 2.13. The summed E-state index contributed by atoms with van der Waals surface area (Å²) < 4.78 is 4.81. The Kier molecular flexibility index (Phi) is 5.03. The van der Waals surface area contributed by atoms with Gasteiger partial charge in [0.05, 0.1) is 6.61 Å². The maximum absolute atomic E-state index is 11.4. The molecule has 1 rings (SSSR count). The lowest BCUT2D eigenvalue weighted by molar-refractivity contribution is -0.116. The second kappa shape index (κ2) is 6.55. The third-order valence-corrected chi connectivity index (χ3v) is 2.13. The molecule has 1 aromatic rings. The maximum Gasteiger partial charge on any atom is 0.244 e. The van der Waals surface area contributed by atoms with E-state index in [9.17, 15) is 4.79 Å². The Morgan fingerprint density at radius 2 is 2.24 bits per heavy atom. The average molecular weight is 235 g/mol. The predicted octanol–water partition coefficient (Wildman–Crippen LogP) is 0.627. The Hall–Kier alpha value is -2.01. The van der Waals surface area contributed by atoms with Crippen molar-refractivity contribution in [2.75, 3.05) is 31.7 Å². The number of nitrogen functional groups attached to an aromatic ring is 2. The number of carbonyl (C=O) groups is 1. The number of rotatable bonds is 5. The largest absolute Gasteiger partial charge is 0.399 e. The molecule has 0 fully saturated rings. The molecule has 0 heterocycles. The molecule has 92 valence electrons. The topological polar surface area (TPSA) is 90.4 Å². The summed E-state index contributed by atoms with van der Waals surface area (Å²) >= 11 is 0. The van der Waals surface area contributed by atoms with Crippen LogP contribution < -0.4 is 16.8 Å². The van der Waals surface area contributed by atoms with E-state index in [1.165, 1.54) is 6.08 Å². The van der Waals surface area contributed by atoms with Gasteiger partial charge < -0.3 is 21.5 Å². The molecular weight excluding hydrogens is 218 g/mol. The summed E-state index contributed by atoms with van der Waals surface area (Å²) in [5.74, 6) is -0.191. The number of methoxy groups -OCH3 is 1. The van der Waals surface area contributed by atoms with Gasteiger partial charge in [0.1, 0.15) is 0 Å². The van der Waals surface area contributed by atoms with Crippen molar-refractivity contribution in [3.8, 4) is 0 Å². The van der Waals surface area contributed by atoms with Gasteiger partial charge in [0.25, 0.3) is 0 Å². The highest BCUT2D eigenvalue weighted by Crippen LogP contribution is 2.16. The van der Waals surface area contributed by atoms with Crippen LogP contribution in [-0.4, -0.2) is 26.2 Å². The SMILES string of the molecule is COCCNC(=O)C=Cc1cc(N)ccc1N. The minimum Gasteiger partial charge on any atom is -0.399 e. The van der Waals surface area contributed by atoms with E-state index >= 15 is 0 Å². The first-order valence-corrected chi connectivity index (χ1v) is 5.23. The summed E-state index contributed by atoms with van der Waals surface area (Å²) in [7, 11) is 1.58. The first-order valence-electron chi connectivity index (χ1n) is 5.23. The highest BCUT2D eigenvalue weighted by molar-refractivity contribution is 5.92. The van der Waals surface area contributed by atoms with Crippen LogP contribution in [0.25, 0.3) is 6.08 Å². The molecule has 0 atom stereocenters. The summed E-state index contributed by atoms with van der Waals surface area (Å²) in [6.45, 7) is 0.964. The number of anilines is 2. The number of ether oxygens (including phenoxy) is 1. The fourth-order valence-corrected chi connectivity index (χ4v) is 1.24. The van der Waals surface area contributed by atoms with Crippen LogP contribution in [0, 0.1) is 0 Å². The zero-order chi connectivity index (χ0) is 12.7. The van der Waals surface area contributed by atoms with Crippen molar-refractivity contribution in [1.29, 1.82) is 0 Å². The van der Waals surface area contributed by atoms with Gasteiger partial charge in [-0.15, -0.1) is 0 Å². The monoisotopic (exact) mass is 235 g/mol. The molecule has 0 saturated carbocycles. The van der Waals surface area contributed by atoms with Crippen molar-refractivity contribution >= 4 is 23.4 Å². The maximum atomic E-state index is 11.4. The van der Waals surface area contributed by atoms with Crippen LogP contribution >= 0.6 is 0 Å². The molecule has 1 amide bonds. The van der Waals surface area contributed by atoms with E-state index in [1.54, 1.807) is 31.4 Å². The van der Waals surface area contributed by atoms with E-state index in [1.807, 2.05) is 0 Å². The molecule has 5 heteroatoms. The van der Waals surface area contributed by atoms with Gasteiger partial charge in [-0.25, -0.2) is 0 Å². The predicted molar refractivity (Wildman–Crippen MR) is 69.2 cm³/mol. The van der Waals surface area contributed by atoms with Gasteiger partial charge in [0.15, 0.2) is 0 Å². The first-order chi connectivity index (χ1) is 8.13. The Labute approximate surface area is 100 Å². The molecule has 0 aromatic heterocycles. The number of amides is 1. The van der Waals surface area contributed by atoms with Crippen LogP contribution in [0.2, 0.25) is 0 Å². The molecule has 0 saturated heterocycles. The van der Waals surface area contributed by atoms with E-state index in [0.29, 0.717) is 24.5 Å². The van der Waals surface area contributed by atoms with Crippen molar-refractivity contribution in [3.63, 3.8) is 0 Å². The number of nitrogens with one attached hydrogen (secondary N) is 1. The second-order valence-electron chi connectivity index (χ2n) is 3.51. The summed E-state index contributed by atoms with van der Waals surface area (Å²) in [5.41, 5.74) is 13.3. The number of benzene rings is 1. The van der Waals surface area contributed by atoms with E-state index in [0.717, 1.165) is 5.56 Å². The fraction of sp³-hybridized carbons (Fsp3) is 0.250. The molecule has 0 bridgehead atoms. The summed E-state index contributed by atoms with van der Waals surface area (Å²) in [6, 6.07) is 5.14. The summed E-state index contributed by atoms with van der Waals surface area (Å²) in [4.78, 5) is 11.4. The van der Waals surface area contributed by atoms with Gasteiger partial charge in [-0.1, -0.05) is 0 Å². The molecule has 1 aromatic carbocycles. The molecule has 17 heavy (non-hydrogen) atoms. The van der Waals surface area contributed by atoms with Crippen molar-refractivity contribution in [3.05, 3.63) is 29.8 Å². The highest BCUT2D eigenvalue weighted by atomic mass is 16.5. The molecule has 0 radical (unpaired) electrons. The number of nitrogens with two attached hydrogens (primary N) is 2. The molecule has 0 unspecified atom stereocenters. The number of carbonyl (C=O) groups excluding carboxylic acids is 1. The van der Waals surface area contributed by atoms with Crippen molar-refractivity contribution in [1.82, 2.24) is 5.32 Å².